The van der Waals surface area contributed by atoms with Crippen molar-refractivity contribution in [2.75, 3.05) is 26.4 Å². The fraction of sp³-hybridized carbons (Fsp3) is 0.721. The fourth-order valence-corrected chi connectivity index (χ4v) is 6.19. The topological polar surface area (TPSA) is 134 Å². The quantitative estimate of drug-likeness (QED) is 0.0271. The number of hydrogen-bond donors (Lipinski definition) is 2. The summed E-state index contributed by atoms with van der Waals surface area (Å²) in [7, 11) is -4.38. The van der Waals surface area contributed by atoms with Crippen LogP contribution in [-0.2, 0) is 32.7 Å². The van der Waals surface area contributed by atoms with Gasteiger partial charge in [-0.25, -0.2) is 4.57 Å². The molecule has 0 aliphatic rings. The normalized spacial score (nSPS) is 13.7. The lowest BCUT2D eigenvalue weighted by molar-refractivity contribution is -0.161. The second-order valence-electron chi connectivity index (χ2n) is 13.6. The lowest BCUT2D eigenvalue weighted by Gasteiger charge is -2.19. The monoisotopic (exact) mass is 766 g/mol. The molecule has 0 aliphatic heterocycles. The molecule has 0 fully saturated rings. The Bertz CT molecular complexity index is 1040. The van der Waals surface area contributed by atoms with Gasteiger partial charge in [0.25, 0.3) is 0 Å². The minimum atomic E-state index is -4.38. The SMILES string of the molecule is C=CCCCCCCCCCCCCCCCC(=O)O[C@H](COC(=O)CCCCC/C=C/C/C=C/C/C=C/C/C=C/CCC)COP(=O)(O)OCCN. The number of rotatable bonds is 39. The van der Waals surface area contributed by atoms with Gasteiger partial charge >= 0.3 is 19.8 Å². The van der Waals surface area contributed by atoms with Gasteiger partial charge in [-0.3, -0.25) is 18.6 Å². The van der Waals surface area contributed by atoms with Crippen molar-refractivity contribution >= 4 is 19.8 Å². The predicted molar refractivity (Wildman–Crippen MR) is 219 cm³/mol. The lowest BCUT2D eigenvalue weighted by atomic mass is 10.0. The van der Waals surface area contributed by atoms with Crippen molar-refractivity contribution < 1.29 is 37.6 Å². The van der Waals surface area contributed by atoms with E-state index in [4.69, 9.17) is 24.3 Å². The molecular weight excluding hydrogens is 689 g/mol. The molecule has 0 saturated heterocycles. The molecule has 306 valence electrons. The van der Waals surface area contributed by atoms with E-state index in [2.05, 4.69) is 62.1 Å². The molecule has 0 heterocycles. The van der Waals surface area contributed by atoms with Crippen molar-refractivity contribution in [3.8, 4) is 0 Å². The van der Waals surface area contributed by atoms with Crippen molar-refractivity contribution in [2.45, 2.75) is 174 Å². The van der Waals surface area contributed by atoms with Gasteiger partial charge in [0.1, 0.15) is 6.61 Å². The second-order valence-corrected chi connectivity index (χ2v) is 15.0. The number of phosphoric ester groups is 1. The minimum Gasteiger partial charge on any atom is -0.462 e. The van der Waals surface area contributed by atoms with Crippen molar-refractivity contribution in [1.82, 2.24) is 0 Å². The number of carbonyl (C=O) groups excluding carboxylic acids is 2. The molecule has 3 N–H and O–H groups in total. The maximum atomic E-state index is 12.6. The van der Waals surface area contributed by atoms with Crippen molar-refractivity contribution in [3.05, 3.63) is 61.3 Å². The van der Waals surface area contributed by atoms with Crippen molar-refractivity contribution in [2.24, 2.45) is 5.73 Å². The summed E-state index contributed by atoms with van der Waals surface area (Å²) >= 11 is 0. The molecule has 0 bridgehead atoms. The van der Waals surface area contributed by atoms with Crippen LogP contribution in [0.1, 0.15) is 167 Å². The summed E-state index contributed by atoms with van der Waals surface area (Å²) in [6.45, 7) is 5.13. The van der Waals surface area contributed by atoms with E-state index in [1.165, 1.54) is 64.2 Å². The Hall–Kier alpha value is -2.29. The van der Waals surface area contributed by atoms with Crippen LogP contribution in [0.3, 0.4) is 0 Å². The largest absolute Gasteiger partial charge is 0.472 e. The Morgan fingerprint density at radius 1 is 0.623 bits per heavy atom. The highest BCUT2D eigenvalue weighted by molar-refractivity contribution is 7.47. The van der Waals surface area contributed by atoms with Crippen LogP contribution in [0, 0.1) is 0 Å². The maximum Gasteiger partial charge on any atom is 0.472 e. The highest BCUT2D eigenvalue weighted by atomic mass is 31.2. The Morgan fingerprint density at radius 2 is 1.08 bits per heavy atom. The molecular formula is C43H76NO8P. The molecule has 0 radical (unpaired) electrons. The third-order valence-corrected chi connectivity index (χ3v) is 9.49. The van der Waals surface area contributed by atoms with Gasteiger partial charge in [0.2, 0.25) is 0 Å². The minimum absolute atomic E-state index is 0.0460. The van der Waals surface area contributed by atoms with Crippen LogP contribution in [-0.4, -0.2) is 49.3 Å². The van der Waals surface area contributed by atoms with E-state index in [0.717, 1.165) is 70.6 Å². The lowest BCUT2D eigenvalue weighted by Crippen LogP contribution is -2.29. The van der Waals surface area contributed by atoms with Crippen LogP contribution in [0.2, 0.25) is 0 Å². The molecule has 0 aromatic carbocycles. The van der Waals surface area contributed by atoms with Gasteiger partial charge in [0.05, 0.1) is 13.2 Å². The summed E-state index contributed by atoms with van der Waals surface area (Å²) in [5, 5.41) is 0. The molecule has 0 aromatic heterocycles. The first-order chi connectivity index (χ1) is 25.8. The first-order valence-electron chi connectivity index (χ1n) is 20.7. The molecule has 0 spiro atoms. The van der Waals surface area contributed by atoms with Gasteiger partial charge in [0, 0.05) is 19.4 Å². The molecule has 53 heavy (non-hydrogen) atoms. The van der Waals surface area contributed by atoms with Crippen molar-refractivity contribution in [3.63, 3.8) is 0 Å². The van der Waals surface area contributed by atoms with Crippen LogP contribution < -0.4 is 5.73 Å². The standard InChI is InChI=1S/C43H76NO8P/c1-3-5-7-9-11-13-15-17-19-20-22-23-25-27-29-31-33-35-42(45)49-39-41(40-51-53(47,48)50-38-37-44)52-43(46)36-34-32-30-28-26-24-21-18-16-14-12-10-8-6-4-2/h4,7,9,13,15,19-20,23,25,41H,2-3,5-6,8,10-12,14,16-18,21-22,24,26-40,44H2,1H3,(H,47,48)/b9-7+,15-13+,20-19+,25-23+/t41-/m1/s1. The number of carbonyl (C=O) groups is 2. The van der Waals surface area contributed by atoms with E-state index in [-0.39, 0.29) is 32.6 Å². The molecule has 0 saturated carbocycles. The Morgan fingerprint density at radius 3 is 1.60 bits per heavy atom. The molecule has 0 rings (SSSR count). The second kappa shape index (κ2) is 39.4. The number of unbranched alkanes of at least 4 members (excludes halogenated alkanes) is 17. The third kappa shape index (κ3) is 39.2. The number of ether oxygens (including phenoxy) is 2. The first-order valence-corrected chi connectivity index (χ1v) is 22.2. The van der Waals surface area contributed by atoms with Gasteiger partial charge in [-0.1, -0.05) is 145 Å². The smallest absolute Gasteiger partial charge is 0.462 e. The van der Waals surface area contributed by atoms with Gasteiger partial charge in [0.15, 0.2) is 6.10 Å². The zero-order valence-electron chi connectivity index (χ0n) is 33.3. The number of allylic oxidation sites excluding steroid dienone is 9. The van der Waals surface area contributed by atoms with E-state index >= 15 is 0 Å². The van der Waals surface area contributed by atoms with E-state index in [1.54, 1.807) is 0 Å². The molecule has 9 nitrogen and oxygen atoms in total. The Balaban J connectivity index is 4.23. The number of esters is 2. The van der Waals surface area contributed by atoms with E-state index in [0.29, 0.717) is 12.8 Å². The molecule has 0 aromatic rings. The van der Waals surface area contributed by atoms with E-state index in [9.17, 15) is 19.0 Å². The summed E-state index contributed by atoms with van der Waals surface area (Å²) in [4.78, 5) is 34.8. The fourth-order valence-electron chi connectivity index (χ4n) is 5.43. The molecule has 10 heteroatoms. The predicted octanol–water partition coefficient (Wildman–Crippen LogP) is 11.7. The molecule has 0 aliphatic carbocycles. The highest BCUT2D eigenvalue weighted by Gasteiger charge is 2.26. The summed E-state index contributed by atoms with van der Waals surface area (Å²) in [6, 6.07) is 0. The van der Waals surface area contributed by atoms with Gasteiger partial charge in [-0.15, -0.1) is 6.58 Å². The van der Waals surface area contributed by atoms with E-state index < -0.39 is 32.5 Å². The first kappa shape index (κ1) is 50.7. The highest BCUT2D eigenvalue weighted by Crippen LogP contribution is 2.43. The van der Waals surface area contributed by atoms with Gasteiger partial charge in [-0.05, 0) is 64.2 Å². The Kier molecular flexibility index (Phi) is 37.7. The maximum absolute atomic E-state index is 12.6. The van der Waals surface area contributed by atoms with Gasteiger partial charge < -0.3 is 20.1 Å². The van der Waals surface area contributed by atoms with Crippen LogP contribution in [0.25, 0.3) is 0 Å². The zero-order chi connectivity index (χ0) is 38.9. The van der Waals surface area contributed by atoms with Crippen LogP contribution in [0.5, 0.6) is 0 Å². The molecule has 1 unspecified atom stereocenters. The van der Waals surface area contributed by atoms with Crippen LogP contribution in [0.4, 0.5) is 0 Å². The third-order valence-electron chi connectivity index (χ3n) is 8.50. The number of hydrogen-bond acceptors (Lipinski definition) is 8. The van der Waals surface area contributed by atoms with Gasteiger partial charge in [-0.2, -0.15) is 0 Å². The summed E-state index contributed by atoms with van der Waals surface area (Å²) in [5.41, 5.74) is 5.34. The zero-order valence-corrected chi connectivity index (χ0v) is 34.2. The van der Waals surface area contributed by atoms with E-state index in [1.807, 2.05) is 6.08 Å². The average molecular weight is 766 g/mol. The molecule has 0 amide bonds. The summed E-state index contributed by atoms with van der Waals surface area (Å²) < 4.78 is 32.7. The average Bonchev–Trinajstić information content (AvgIpc) is 3.14. The summed E-state index contributed by atoms with van der Waals surface area (Å²) in [6.07, 6.45) is 44.2. The molecule has 2 atom stereocenters. The number of phosphoric acid groups is 1. The Labute approximate surface area is 323 Å². The van der Waals surface area contributed by atoms with Crippen LogP contribution >= 0.6 is 7.82 Å². The van der Waals surface area contributed by atoms with Crippen LogP contribution in [0.15, 0.2) is 61.3 Å². The summed E-state index contributed by atoms with van der Waals surface area (Å²) in [5.74, 6) is -0.871. The van der Waals surface area contributed by atoms with Crippen molar-refractivity contribution in [1.29, 1.82) is 0 Å². The number of nitrogens with two attached hydrogens (primary N) is 1.